The Balaban J connectivity index is 2.43. The van der Waals surface area contributed by atoms with Crippen molar-refractivity contribution < 1.29 is 5.11 Å². The first-order chi connectivity index (χ1) is 9.13. The van der Waals surface area contributed by atoms with Crippen molar-refractivity contribution in [3.05, 3.63) is 35.9 Å². The van der Waals surface area contributed by atoms with Crippen LogP contribution >= 0.6 is 0 Å². The monoisotopic (exact) mass is 258 g/mol. The summed E-state index contributed by atoms with van der Waals surface area (Å²) >= 11 is 0. The molecule has 0 saturated heterocycles. The molecule has 102 valence electrons. The van der Waals surface area contributed by atoms with Crippen LogP contribution in [0.15, 0.2) is 30.3 Å². The molecule has 0 fully saturated rings. The molecular formula is C16H22N2O. The minimum absolute atomic E-state index is 0.218. The minimum Gasteiger partial charge on any atom is -0.396 e. The molecule has 1 aromatic heterocycles. The molecule has 0 bridgehead atoms. The number of anilines is 1. The van der Waals surface area contributed by atoms with Crippen LogP contribution in [0.5, 0.6) is 0 Å². The second-order valence-electron chi connectivity index (χ2n) is 5.19. The maximum atomic E-state index is 9.04. The highest BCUT2D eigenvalue weighted by Crippen LogP contribution is 2.24. The summed E-state index contributed by atoms with van der Waals surface area (Å²) in [6.45, 7) is 7.47. The fraction of sp³-hybridized carbons (Fsp3) is 0.438. The number of aromatic nitrogens is 1. The van der Waals surface area contributed by atoms with Gasteiger partial charge in [-0.1, -0.05) is 18.2 Å². The van der Waals surface area contributed by atoms with Crippen LogP contribution in [0.25, 0.3) is 10.9 Å². The number of nitrogens with zero attached hydrogens (tertiary/aromatic N) is 2. The van der Waals surface area contributed by atoms with E-state index in [1.807, 2.05) is 18.2 Å². The number of rotatable bonds is 5. The Labute approximate surface area is 114 Å². The Hall–Kier alpha value is -1.61. The quantitative estimate of drug-likeness (QED) is 0.895. The highest BCUT2D eigenvalue weighted by Gasteiger charge is 2.14. The number of aryl methyl sites for hydroxylation is 1. The topological polar surface area (TPSA) is 36.4 Å². The summed E-state index contributed by atoms with van der Waals surface area (Å²) in [5.41, 5.74) is 2.21. The number of benzene rings is 1. The second-order valence-corrected chi connectivity index (χ2v) is 5.19. The van der Waals surface area contributed by atoms with Crippen molar-refractivity contribution in [1.82, 2.24) is 4.98 Å². The van der Waals surface area contributed by atoms with Gasteiger partial charge in [0, 0.05) is 24.6 Å². The van der Waals surface area contributed by atoms with Crippen molar-refractivity contribution in [1.29, 1.82) is 0 Å². The molecule has 3 nitrogen and oxygen atoms in total. The number of pyridine rings is 1. The summed E-state index contributed by atoms with van der Waals surface area (Å²) in [6.07, 6.45) is 0.770. The van der Waals surface area contributed by atoms with E-state index in [2.05, 4.69) is 37.8 Å². The zero-order valence-electron chi connectivity index (χ0n) is 11.9. The lowest BCUT2D eigenvalue weighted by molar-refractivity contribution is 0.288. The minimum atomic E-state index is 0.218. The van der Waals surface area contributed by atoms with E-state index in [4.69, 9.17) is 10.1 Å². The normalized spacial score (nSPS) is 11.2. The molecule has 0 unspecified atom stereocenters. The van der Waals surface area contributed by atoms with E-state index < -0.39 is 0 Å². The van der Waals surface area contributed by atoms with E-state index in [9.17, 15) is 0 Å². The van der Waals surface area contributed by atoms with Crippen LogP contribution in [-0.2, 0) is 0 Å². The van der Waals surface area contributed by atoms with Crippen LogP contribution in [-0.4, -0.2) is 29.3 Å². The summed E-state index contributed by atoms with van der Waals surface area (Å²) in [7, 11) is 0. The van der Waals surface area contributed by atoms with Gasteiger partial charge in [-0.2, -0.15) is 0 Å². The number of hydrogen-bond acceptors (Lipinski definition) is 3. The molecule has 0 atom stereocenters. The zero-order chi connectivity index (χ0) is 13.8. The number of para-hydroxylation sites is 1. The molecule has 3 heteroatoms. The van der Waals surface area contributed by atoms with Crippen molar-refractivity contribution in [2.75, 3.05) is 18.1 Å². The molecule has 1 N–H and O–H groups in total. The van der Waals surface area contributed by atoms with Gasteiger partial charge in [0.2, 0.25) is 0 Å². The summed E-state index contributed by atoms with van der Waals surface area (Å²) in [5.74, 6) is 1.03. The van der Waals surface area contributed by atoms with Gasteiger partial charge < -0.3 is 10.0 Å². The smallest absolute Gasteiger partial charge is 0.132 e. The van der Waals surface area contributed by atoms with Crippen molar-refractivity contribution in [3.63, 3.8) is 0 Å². The summed E-state index contributed by atoms with van der Waals surface area (Å²) < 4.78 is 0. The molecule has 0 radical (unpaired) electrons. The Kier molecular flexibility index (Phi) is 4.38. The fourth-order valence-electron chi connectivity index (χ4n) is 2.35. The SMILES string of the molecule is Cc1cc2ccccc2nc1N(CCCO)C(C)C. The average Bonchev–Trinajstić information content (AvgIpc) is 2.39. The predicted octanol–water partition coefficient (Wildman–Crippen LogP) is 3.14. The van der Waals surface area contributed by atoms with E-state index in [0.717, 1.165) is 24.3 Å². The van der Waals surface area contributed by atoms with Crippen LogP contribution in [0.3, 0.4) is 0 Å². The van der Waals surface area contributed by atoms with Crippen LogP contribution in [0.4, 0.5) is 5.82 Å². The first-order valence-corrected chi connectivity index (χ1v) is 6.87. The van der Waals surface area contributed by atoms with E-state index in [1.165, 1.54) is 10.9 Å². The molecule has 0 amide bonds. The average molecular weight is 258 g/mol. The van der Waals surface area contributed by atoms with Gasteiger partial charge in [-0.05, 0) is 44.9 Å². The molecule has 2 rings (SSSR count). The third-order valence-corrected chi connectivity index (χ3v) is 3.34. The highest BCUT2D eigenvalue weighted by atomic mass is 16.3. The Morgan fingerprint density at radius 3 is 2.68 bits per heavy atom. The molecule has 0 aliphatic carbocycles. The summed E-state index contributed by atoms with van der Waals surface area (Å²) in [5, 5.41) is 10.2. The first kappa shape index (κ1) is 13.8. The summed E-state index contributed by atoms with van der Waals surface area (Å²) in [6, 6.07) is 10.7. The Morgan fingerprint density at radius 1 is 1.26 bits per heavy atom. The molecule has 0 saturated carbocycles. The molecule has 0 aliphatic rings. The number of aliphatic hydroxyl groups is 1. The van der Waals surface area contributed by atoms with E-state index in [1.54, 1.807) is 0 Å². The number of fused-ring (bicyclic) bond motifs is 1. The van der Waals surface area contributed by atoms with Gasteiger partial charge >= 0.3 is 0 Å². The van der Waals surface area contributed by atoms with Gasteiger partial charge in [-0.3, -0.25) is 0 Å². The van der Waals surface area contributed by atoms with Gasteiger partial charge in [-0.15, -0.1) is 0 Å². The van der Waals surface area contributed by atoms with Crippen LogP contribution < -0.4 is 4.90 Å². The predicted molar refractivity (Wildman–Crippen MR) is 80.7 cm³/mol. The number of aliphatic hydroxyl groups excluding tert-OH is 1. The fourth-order valence-corrected chi connectivity index (χ4v) is 2.35. The zero-order valence-corrected chi connectivity index (χ0v) is 11.9. The third kappa shape index (κ3) is 3.04. The Bertz CT molecular complexity index is 551. The van der Waals surface area contributed by atoms with Crippen LogP contribution in [0.1, 0.15) is 25.8 Å². The van der Waals surface area contributed by atoms with E-state index >= 15 is 0 Å². The van der Waals surface area contributed by atoms with Gasteiger partial charge in [0.05, 0.1) is 5.52 Å². The van der Waals surface area contributed by atoms with Gasteiger partial charge in [0.25, 0.3) is 0 Å². The third-order valence-electron chi connectivity index (χ3n) is 3.34. The van der Waals surface area contributed by atoms with Crippen LogP contribution in [0, 0.1) is 6.92 Å². The molecule has 1 heterocycles. The summed E-state index contributed by atoms with van der Waals surface area (Å²) in [4.78, 5) is 7.06. The molecule has 0 aliphatic heterocycles. The highest BCUT2D eigenvalue weighted by molar-refractivity contribution is 5.81. The lowest BCUT2D eigenvalue weighted by Crippen LogP contribution is -2.33. The maximum absolute atomic E-state index is 9.04. The molecule has 1 aromatic carbocycles. The first-order valence-electron chi connectivity index (χ1n) is 6.87. The van der Waals surface area contributed by atoms with Gasteiger partial charge in [-0.25, -0.2) is 4.98 Å². The van der Waals surface area contributed by atoms with E-state index in [-0.39, 0.29) is 6.61 Å². The lowest BCUT2D eigenvalue weighted by atomic mass is 10.1. The second kappa shape index (κ2) is 6.02. The van der Waals surface area contributed by atoms with Crippen LogP contribution in [0.2, 0.25) is 0 Å². The largest absolute Gasteiger partial charge is 0.396 e. The van der Waals surface area contributed by atoms with Gasteiger partial charge in [0.15, 0.2) is 0 Å². The van der Waals surface area contributed by atoms with Crippen molar-refractivity contribution in [3.8, 4) is 0 Å². The Morgan fingerprint density at radius 2 is 2.00 bits per heavy atom. The van der Waals surface area contributed by atoms with Crippen molar-refractivity contribution >= 4 is 16.7 Å². The molecular weight excluding hydrogens is 236 g/mol. The van der Waals surface area contributed by atoms with E-state index in [0.29, 0.717) is 6.04 Å². The molecule has 19 heavy (non-hydrogen) atoms. The van der Waals surface area contributed by atoms with Crippen molar-refractivity contribution in [2.45, 2.75) is 33.2 Å². The number of hydrogen-bond donors (Lipinski definition) is 1. The molecule has 0 spiro atoms. The standard InChI is InChI=1S/C16H22N2O/c1-12(2)18(9-6-10-19)16-13(3)11-14-7-4-5-8-15(14)17-16/h4-5,7-8,11-12,19H,6,9-10H2,1-3H3. The van der Waals surface area contributed by atoms with Crippen molar-refractivity contribution in [2.24, 2.45) is 0 Å². The molecule has 2 aromatic rings. The van der Waals surface area contributed by atoms with Gasteiger partial charge in [0.1, 0.15) is 5.82 Å². The maximum Gasteiger partial charge on any atom is 0.132 e. The lowest BCUT2D eigenvalue weighted by Gasteiger charge is -2.29.